The van der Waals surface area contributed by atoms with Gasteiger partial charge in [-0.1, -0.05) is 34.8 Å². The summed E-state index contributed by atoms with van der Waals surface area (Å²) in [5.74, 6) is -0.365. The van der Waals surface area contributed by atoms with Gasteiger partial charge >= 0.3 is 0 Å². The Morgan fingerprint density at radius 2 is 1.63 bits per heavy atom. The molecule has 0 aromatic heterocycles. The zero-order chi connectivity index (χ0) is 14.0. The summed E-state index contributed by atoms with van der Waals surface area (Å²) in [4.78, 5) is 12.1. The van der Waals surface area contributed by atoms with Crippen molar-refractivity contribution in [3.05, 3.63) is 57.0 Å². The Balaban J connectivity index is 2.25. The Labute approximate surface area is 125 Å². The molecule has 2 rings (SSSR count). The minimum absolute atomic E-state index is 0.275. The van der Waals surface area contributed by atoms with Crippen LogP contribution in [0.3, 0.4) is 0 Å². The van der Waals surface area contributed by atoms with Gasteiger partial charge in [-0.3, -0.25) is 4.79 Å². The van der Waals surface area contributed by atoms with E-state index in [9.17, 15) is 4.79 Å². The Hall–Kier alpha value is -1.42. The van der Waals surface area contributed by atoms with E-state index in [0.29, 0.717) is 27.0 Å². The third kappa shape index (κ3) is 3.32. The number of nitrogen functional groups attached to an aromatic ring is 1. The molecule has 0 atom stereocenters. The molecule has 0 aliphatic carbocycles. The van der Waals surface area contributed by atoms with Crippen LogP contribution in [-0.4, -0.2) is 5.91 Å². The number of anilines is 2. The number of benzene rings is 2. The fraction of sp³-hybridized carbons (Fsp3) is 0. The van der Waals surface area contributed by atoms with Crippen molar-refractivity contribution in [3.63, 3.8) is 0 Å². The van der Waals surface area contributed by atoms with Gasteiger partial charge in [-0.05, 0) is 36.4 Å². The van der Waals surface area contributed by atoms with E-state index in [1.807, 2.05) is 0 Å². The minimum Gasteiger partial charge on any atom is -0.397 e. The predicted molar refractivity (Wildman–Crippen MR) is 80.3 cm³/mol. The highest BCUT2D eigenvalue weighted by Gasteiger charge is 2.12. The maximum Gasteiger partial charge on any atom is 0.257 e. The van der Waals surface area contributed by atoms with Crippen molar-refractivity contribution in [2.45, 2.75) is 0 Å². The van der Waals surface area contributed by atoms with E-state index < -0.39 is 0 Å². The lowest BCUT2D eigenvalue weighted by Gasteiger charge is -2.09. The van der Waals surface area contributed by atoms with Gasteiger partial charge in [0.15, 0.2) is 0 Å². The molecule has 1 amide bonds. The molecule has 0 saturated heterocycles. The molecule has 3 N–H and O–H groups in total. The Morgan fingerprint density at radius 3 is 2.26 bits per heavy atom. The molecule has 0 radical (unpaired) electrons. The number of hydrogen-bond donors (Lipinski definition) is 2. The molecule has 3 nitrogen and oxygen atoms in total. The third-order valence-electron chi connectivity index (χ3n) is 2.44. The van der Waals surface area contributed by atoms with E-state index in [4.69, 9.17) is 40.5 Å². The number of halogens is 3. The second-order valence-corrected chi connectivity index (χ2v) is 5.09. The standard InChI is InChI=1S/C13H9Cl3N2O/c14-7-1-3-9(10(16)5-7)13(19)18-12-4-2-8(15)6-11(12)17/h1-6H,17H2,(H,18,19). The van der Waals surface area contributed by atoms with Gasteiger partial charge < -0.3 is 11.1 Å². The zero-order valence-corrected chi connectivity index (χ0v) is 11.9. The Bertz CT molecular complexity index is 644. The third-order valence-corrected chi connectivity index (χ3v) is 3.22. The molecule has 0 saturated carbocycles. The number of nitrogens with one attached hydrogen (secondary N) is 1. The van der Waals surface area contributed by atoms with Crippen LogP contribution < -0.4 is 11.1 Å². The van der Waals surface area contributed by atoms with Crippen molar-refractivity contribution in [3.8, 4) is 0 Å². The normalized spacial score (nSPS) is 10.3. The summed E-state index contributed by atoms with van der Waals surface area (Å²) < 4.78 is 0. The van der Waals surface area contributed by atoms with Gasteiger partial charge in [0.2, 0.25) is 0 Å². The maximum absolute atomic E-state index is 12.1. The van der Waals surface area contributed by atoms with Gasteiger partial charge in [-0.15, -0.1) is 0 Å². The number of amides is 1. The quantitative estimate of drug-likeness (QED) is 0.803. The van der Waals surface area contributed by atoms with Gasteiger partial charge in [0.05, 0.1) is 22.0 Å². The molecular formula is C13H9Cl3N2O. The summed E-state index contributed by atoms with van der Waals surface area (Å²) in [6.45, 7) is 0. The first-order valence-corrected chi connectivity index (χ1v) is 6.42. The van der Waals surface area contributed by atoms with Gasteiger partial charge in [-0.2, -0.15) is 0 Å². The fourth-order valence-corrected chi connectivity index (χ4v) is 2.19. The first kappa shape index (κ1) is 14.0. The molecule has 6 heteroatoms. The summed E-state index contributed by atoms with van der Waals surface area (Å²) in [5.41, 5.74) is 6.93. The summed E-state index contributed by atoms with van der Waals surface area (Å²) in [6.07, 6.45) is 0. The van der Waals surface area contributed by atoms with Gasteiger partial charge in [0.25, 0.3) is 5.91 Å². The molecule has 19 heavy (non-hydrogen) atoms. The summed E-state index contributed by atoms with van der Waals surface area (Å²) in [5, 5.41) is 3.90. The van der Waals surface area contributed by atoms with E-state index in [1.54, 1.807) is 30.3 Å². The van der Waals surface area contributed by atoms with Crippen LogP contribution in [0.5, 0.6) is 0 Å². The van der Waals surface area contributed by atoms with E-state index in [0.717, 1.165) is 0 Å². The monoisotopic (exact) mass is 314 g/mol. The predicted octanol–water partition coefficient (Wildman–Crippen LogP) is 4.48. The highest BCUT2D eigenvalue weighted by Crippen LogP contribution is 2.25. The van der Waals surface area contributed by atoms with Crippen LogP contribution in [0.1, 0.15) is 10.4 Å². The van der Waals surface area contributed by atoms with Crippen LogP contribution in [0.2, 0.25) is 15.1 Å². The van der Waals surface area contributed by atoms with Gasteiger partial charge in [0.1, 0.15) is 0 Å². The van der Waals surface area contributed by atoms with Crippen LogP contribution in [0.4, 0.5) is 11.4 Å². The van der Waals surface area contributed by atoms with Crippen molar-refractivity contribution in [1.82, 2.24) is 0 Å². The summed E-state index contributed by atoms with van der Waals surface area (Å²) >= 11 is 17.5. The van der Waals surface area contributed by atoms with E-state index >= 15 is 0 Å². The number of rotatable bonds is 2. The van der Waals surface area contributed by atoms with Crippen LogP contribution in [0, 0.1) is 0 Å². The number of carbonyl (C=O) groups is 1. The largest absolute Gasteiger partial charge is 0.397 e. The zero-order valence-electron chi connectivity index (χ0n) is 9.58. The van der Waals surface area contributed by atoms with E-state index in [2.05, 4.69) is 5.32 Å². The fourth-order valence-electron chi connectivity index (χ4n) is 1.51. The first-order chi connectivity index (χ1) is 8.97. The molecule has 0 spiro atoms. The molecule has 2 aromatic rings. The van der Waals surface area contributed by atoms with Crippen molar-refractivity contribution in [2.75, 3.05) is 11.1 Å². The van der Waals surface area contributed by atoms with Crippen molar-refractivity contribution in [1.29, 1.82) is 0 Å². The van der Waals surface area contributed by atoms with Crippen molar-refractivity contribution < 1.29 is 4.79 Å². The Kier molecular flexibility index (Phi) is 4.20. The van der Waals surface area contributed by atoms with Gasteiger partial charge in [-0.25, -0.2) is 0 Å². The smallest absolute Gasteiger partial charge is 0.257 e. The minimum atomic E-state index is -0.365. The molecule has 0 aliphatic rings. The maximum atomic E-state index is 12.1. The van der Waals surface area contributed by atoms with Crippen molar-refractivity contribution in [2.24, 2.45) is 0 Å². The highest BCUT2D eigenvalue weighted by atomic mass is 35.5. The summed E-state index contributed by atoms with van der Waals surface area (Å²) in [6, 6.07) is 9.46. The highest BCUT2D eigenvalue weighted by molar-refractivity contribution is 6.37. The second kappa shape index (κ2) is 5.70. The number of nitrogens with two attached hydrogens (primary N) is 1. The van der Waals surface area contributed by atoms with E-state index in [-0.39, 0.29) is 10.9 Å². The number of hydrogen-bond acceptors (Lipinski definition) is 2. The molecule has 0 fully saturated rings. The molecule has 0 unspecified atom stereocenters. The lowest BCUT2D eigenvalue weighted by Crippen LogP contribution is -2.13. The summed E-state index contributed by atoms with van der Waals surface area (Å²) in [7, 11) is 0. The molecule has 0 aliphatic heterocycles. The van der Waals surface area contributed by atoms with Crippen molar-refractivity contribution >= 4 is 52.1 Å². The molecule has 2 aromatic carbocycles. The van der Waals surface area contributed by atoms with Crippen LogP contribution in [-0.2, 0) is 0 Å². The van der Waals surface area contributed by atoms with Crippen LogP contribution in [0.25, 0.3) is 0 Å². The van der Waals surface area contributed by atoms with E-state index in [1.165, 1.54) is 6.07 Å². The average molecular weight is 316 g/mol. The average Bonchev–Trinajstić information content (AvgIpc) is 2.32. The van der Waals surface area contributed by atoms with Crippen LogP contribution >= 0.6 is 34.8 Å². The first-order valence-electron chi connectivity index (χ1n) is 5.29. The number of carbonyl (C=O) groups excluding carboxylic acids is 1. The molecule has 0 bridgehead atoms. The second-order valence-electron chi connectivity index (χ2n) is 3.81. The molecule has 98 valence electrons. The molecular weight excluding hydrogens is 307 g/mol. The SMILES string of the molecule is Nc1cc(Cl)ccc1NC(=O)c1ccc(Cl)cc1Cl. The molecule has 0 heterocycles. The lowest BCUT2D eigenvalue weighted by molar-refractivity contribution is 0.102. The van der Waals surface area contributed by atoms with Crippen LogP contribution in [0.15, 0.2) is 36.4 Å². The topological polar surface area (TPSA) is 55.1 Å². The van der Waals surface area contributed by atoms with Gasteiger partial charge in [0, 0.05) is 10.0 Å². The lowest BCUT2D eigenvalue weighted by atomic mass is 10.2. The Morgan fingerprint density at radius 1 is 1.00 bits per heavy atom.